The Morgan fingerprint density at radius 1 is 0.895 bits per heavy atom. The van der Waals surface area contributed by atoms with Gasteiger partial charge in [0.1, 0.15) is 5.75 Å². The Bertz CT molecular complexity index is 2110. The Kier molecular flexibility index (Phi) is 10.7. The van der Waals surface area contributed by atoms with Gasteiger partial charge in [0.05, 0.1) is 31.1 Å². The maximum Gasteiger partial charge on any atom is 0.264 e. The van der Waals surface area contributed by atoms with Crippen LogP contribution in [0.3, 0.4) is 0 Å². The van der Waals surface area contributed by atoms with E-state index < -0.39 is 11.0 Å². The van der Waals surface area contributed by atoms with Gasteiger partial charge in [-0.3, -0.25) is 19.1 Å². The molecule has 8 rings (SSSR count). The zero-order valence-electron chi connectivity index (χ0n) is 33.5. The number of methoxy groups -OCH3 is 1. The summed E-state index contributed by atoms with van der Waals surface area (Å²) in [6, 6.07) is 22.1. The van der Waals surface area contributed by atoms with E-state index in [-0.39, 0.29) is 42.3 Å². The molecular formula is C45H54N6O6. The molecule has 0 radical (unpaired) electrons. The predicted octanol–water partition coefficient (Wildman–Crippen LogP) is 6.32. The summed E-state index contributed by atoms with van der Waals surface area (Å²) >= 11 is 0. The fourth-order valence-electron chi connectivity index (χ4n) is 9.95. The van der Waals surface area contributed by atoms with Crippen molar-refractivity contribution in [3.05, 3.63) is 95.3 Å². The first-order chi connectivity index (χ1) is 27.5. The minimum Gasteiger partial charge on any atom is -0.497 e. The summed E-state index contributed by atoms with van der Waals surface area (Å²) < 4.78 is 14.7. The number of carbonyl (C=O) groups excluding carboxylic acids is 3. The molecule has 300 valence electrons. The van der Waals surface area contributed by atoms with Gasteiger partial charge in [0, 0.05) is 80.5 Å². The highest BCUT2D eigenvalue weighted by atomic mass is 16.5. The predicted molar refractivity (Wildman–Crippen MR) is 217 cm³/mol. The molecule has 3 saturated heterocycles. The molecule has 1 aromatic heterocycles. The van der Waals surface area contributed by atoms with E-state index in [1.165, 1.54) is 0 Å². The van der Waals surface area contributed by atoms with Crippen molar-refractivity contribution >= 4 is 34.8 Å². The number of ether oxygens (including phenoxy) is 2. The molecule has 3 fully saturated rings. The lowest BCUT2D eigenvalue weighted by Crippen LogP contribution is -2.46. The molecule has 57 heavy (non-hydrogen) atoms. The third kappa shape index (κ3) is 7.01. The molecule has 0 saturated carbocycles. The van der Waals surface area contributed by atoms with E-state index in [1.807, 2.05) is 75.5 Å². The van der Waals surface area contributed by atoms with Gasteiger partial charge in [-0.1, -0.05) is 50.3 Å². The second-order valence-electron chi connectivity index (χ2n) is 16.7. The van der Waals surface area contributed by atoms with Gasteiger partial charge in [0.15, 0.2) is 5.60 Å². The number of aryl methyl sites for hydroxylation is 1. The summed E-state index contributed by atoms with van der Waals surface area (Å²) in [5.41, 5.74) is 4.23. The zero-order chi connectivity index (χ0) is 39.9. The summed E-state index contributed by atoms with van der Waals surface area (Å²) in [4.78, 5) is 47.0. The number of benzene rings is 3. The van der Waals surface area contributed by atoms with Gasteiger partial charge >= 0.3 is 0 Å². The average Bonchev–Trinajstić information content (AvgIpc) is 3.87. The molecule has 3 amide bonds. The molecule has 4 atom stereocenters. The first-order valence-corrected chi connectivity index (χ1v) is 20.5. The van der Waals surface area contributed by atoms with Gasteiger partial charge in [-0.25, -0.2) is 0 Å². The monoisotopic (exact) mass is 774 g/mol. The lowest BCUT2D eigenvalue weighted by molar-refractivity contribution is -0.146. The van der Waals surface area contributed by atoms with E-state index in [2.05, 4.69) is 43.2 Å². The largest absolute Gasteiger partial charge is 0.497 e. The molecule has 0 unspecified atom stereocenters. The number of carbonyl (C=O) groups is 3. The van der Waals surface area contributed by atoms with Gasteiger partial charge in [0.25, 0.3) is 5.91 Å². The lowest BCUT2D eigenvalue weighted by Gasteiger charge is -2.39. The van der Waals surface area contributed by atoms with Gasteiger partial charge in [-0.2, -0.15) is 0 Å². The lowest BCUT2D eigenvalue weighted by atomic mass is 9.63. The molecule has 1 spiro atoms. The van der Waals surface area contributed by atoms with E-state index in [0.29, 0.717) is 51.9 Å². The Labute approximate surface area is 334 Å². The fraction of sp³-hybridized carbons (Fsp3) is 0.489. The first kappa shape index (κ1) is 38.8. The Balaban J connectivity index is 1.19. The average molecular weight is 775 g/mol. The number of rotatable bonds is 12. The van der Waals surface area contributed by atoms with Crippen molar-refractivity contribution in [3.63, 3.8) is 0 Å². The quantitative estimate of drug-likeness (QED) is 0.177. The summed E-state index contributed by atoms with van der Waals surface area (Å²) in [6.45, 7) is 8.80. The number of nitrogens with zero attached hydrogens (tertiary/aromatic N) is 6. The third-order valence-electron chi connectivity index (χ3n) is 13.0. The molecule has 12 nitrogen and oxygen atoms in total. The van der Waals surface area contributed by atoms with Crippen molar-refractivity contribution in [1.82, 2.24) is 15.0 Å². The number of aliphatic hydroxyl groups is 1. The van der Waals surface area contributed by atoms with Crippen molar-refractivity contribution in [3.8, 4) is 5.75 Å². The van der Waals surface area contributed by atoms with Gasteiger partial charge in [0.2, 0.25) is 11.8 Å². The van der Waals surface area contributed by atoms with Crippen LogP contribution in [0.4, 0.5) is 17.1 Å². The van der Waals surface area contributed by atoms with Crippen LogP contribution in [0.1, 0.15) is 88.1 Å². The topological polar surface area (TPSA) is 130 Å². The second-order valence-corrected chi connectivity index (χ2v) is 16.7. The number of aliphatic hydroxyl groups excluding tert-OH is 1. The Morgan fingerprint density at radius 3 is 2.21 bits per heavy atom. The number of hydrogen-bond acceptors (Lipinski definition) is 8. The minimum absolute atomic E-state index is 0.00607. The highest BCUT2D eigenvalue weighted by Gasteiger charge is 2.66. The van der Waals surface area contributed by atoms with Crippen LogP contribution < -0.4 is 19.4 Å². The van der Waals surface area contributed by atoms with E-state index in [9.17, 15) is 14.7 Å². The molecule has 12 heteroatoms. The second kappa shape index (κ2) is 15.7. The molecule has 0 aliphatic carbocycles. The van der Waals surface area contributed by atoms with Crippen LogP contribution in [0.2, 0.25) is 0 Å². The summed E-state index contributed by atoms with van der Waals surface area (Å²) in [6.07, 6.45) is 7.27. The summed E-state index contributed by atoms with van der Waals surface area (Å²) in [7, 11) is 1.66. The number of anilines is 3. The number of hydrogen-bond donors (Lipinski definition) is 1. The van der Waals surface area contributed by atoms with Crippen LogP contribution in [-0.2, 0) is 49.6 Å². The zero-order valence-corrected chi connectivity index (χ0v) is 33.5. The van der Waals surface area contributed by atoms with Crippen molar-refractivity contribution in [2.75, 3.05) is 41.5 Å². The van der Waals surface area contributed by atoms with Gasteiger partial charge in [-0.05, 0) is 91.1 Å². The number of aromatic nitrogens is 3. The molecular weight excluding hydrogens is 721 g/mol. The van der Waals surface area contributed by atoms with Crippen molar-refractivity contribution in [2.24, 2.45) is 11.8 Å². The van der Waals surface area contributed by atoms with Crippen LogP contribution in [0, 0.1) is 11.8 Å². The smallest absolute Gasteiger partial charge is 0.264 e. The van der Waals surface area contributed by atoms with Crippen molar-refractivity contribution in [1.29, 1.82) is 0 Å². The van der Waals surface area contributed by atoms with Crippen LogP contribution >= 0.6 is 0 Å². The van der Waals surface area contributed by atoms with E-state index in [1.54, 1.807) is 11.8 Å². The third-order valence-corrected chi connectivity index (χ3v) is 13.0. The molecule has 0 bridgehead atoms. The summed E-state index contributed by atoms with van der Waals surface area (Å²) in [5.74, 6) is 0.487. The normalized spacial score (nSPS) is 23.8. The Morgan fingerprint density at radius 2 is 1.56 bits per heavy atom. The molecule has 4 aliphatic rings. The van der Waals surface area contributed by atoms with Crippen LogP contribution in [-0.4, -0.2) is 70.7 Å². The van der Waals surface area contributed by atoms with Crippen LogP contribution in [0.5, 0.6) is 5.75 Å². The van der Waals surface area contributed by atoms with Crippen molar-refractivity contribution < 1.29 is 29.0 Å². The molecule has 3 aromatic carbocycles. The molecule has 4 aliphatic heterocycles. The highest BCUT2D eigenvalue weighted by Crippen LogP contribution is 2.60. The standard InChI is InChI=1S/C45H54N6O6/c1-30-42(44(2,3)32-13-18-36(56-4)19-14-32)39(21-25-48-29-33(22-26-52)46-47-48)57-45(30)37-27-35(50-24-8-6-10-41(50)54)17-20-38(37)51(43(45)55)28-31-11-15-34(16-12-31)49-23-7-5-9-40(49)53/h11-20,27,29-30,39,42,52H,5-10,21-26,28H2,1-4H3/t30-,39+,42-,45+/m1/s1. The summed E-state index contributed by atoms with van der Waals surface area (Å²) in [5, 5.41) is 18.1. The van der Waals surface area contributed by atoms with E-state index >= 15 is 4.79 Å². The van der Waals surface area contributed by atoms with Gasteiger partial charge < -0.3 is 29.3 Å². The van der Waals surface area contributed by atoms with Gasteiger partial charge in [-0.15, -0.1) is 5.10 Å². The maximum absolute atomic E-state index is 15.5. The Hall–Kier alpha value is -5.07. The van der Waals surface area contributed by atoms with Crippen molar-refractivity contribution in [2.45, 2.75) is 102 Å². The van der Waals surface area contributed by atoms with Crippen LogP contribution in [0.15, 0.2) is 72.9 Å². The highest BCUT2D eigenvalue weighted by molar-refractivity contribution is 6.08. The fourth-order valence-corrected chi connectivity index (χ4v) is 9.95. The van der Waals surface area contributed by atoms with Crippen LogP contribution in [0.25, 0.3) is 0 Å². The minimum atomic E-state index is -1.33. The number of piperidine rings is 2. The first-order valence-electron chi connectivity index (χ1n) is 20.5. The number of amides is 3. The molecule has 5 heterocycles. The molecule has 1 N–H and O–H groups in total. The van der Waals surface area contributed by atoms with E-state index in [0.717, 1.165) is 70.9 Å². The SMILES string of the molecule is COc1ccc(C(C)(C)[C@H]2[C@H](CCn3cc(CCO)nn3)O[C@@]3(C(=O)N(Cc4ccc(N5CCCCC5=O)cc4)c4ccc(N5CCCCC5=O)cc43)[C@@H]2C)cc1. The molecule has 4 aromatic rings. The number of fused-ring (bicyclic) bond motifs is 2. The maximum atomic E-state index is 15.5. The van der Waals surface area contributed by atoms with E-state index in [4.69, 9.17) is 9.47 Å².